The largest absolute Gasteiger partial charge is 0.492 e. The first-order valence-corrected chi connectivity index (χ1v) is 6.71. The van der Waals surface area contributed by atoms with Crippen LogP contribution in [0.1, 0.15) is 11.1 Å². The first kappa shape index (κ1) is 13.9. The molecule has 2 aromatic carbocycles. The summed E-state index contributed by atoms with van der Waals surface area (Å²) in [6, 6.07) is 15.6. The van der Waals surface area contributed by atoms with Crippen LogP contribution in [-0.4, -0.2) is 12.6 Å². The van der Waals surface area contributed by atoms with Crippen LogP contribution in [0.2, 0.25) is 5.02 Å². The van der Waals surface area contributed by atoms with Crippen molar-refractivity contribution in [2.45, 2.75) is 19.4 Å². The quantitative estimate of drug-likeness (QED) is 0.905. The minimum absolute atomic E-state index is 0.0169. The highest BCUT2D eigenvalue weighted by Crippen LogP contribution is 2.16. The summed E-state index contributed by atoms with van der Waals surface area (Å²) in [6.07, 6.45) is 0.820. The molecule has 1 atom stereocenters. The van der Waals surface area contributed by atoms with Crippen molar-refractivity contribution in [3.8, 4) is 5.75 Å². The molecule has 100 valence electrons. The summed E-state index contributed by atoms with van der Waals surface area (Å²) in [6.45, 7) is 2.60. The number of nitrogens with two attached hydrogens (primary N) is 1. The topological polar surface area (TPSA) is 35.2 Å². The summed E-state index contributed by atoms with van der Waals surface area (Å²) in [5.74, 6) is 0.796. The fraction of sp³-hybridized carbons (Fsp3) is 0.250. The van der Waals surface area contributed by atoms with Gasteiger partial charge in [0.2, 0.25) is 0 Å². The Morgan fingerprint density at radius 1 is 1.11 bits per heavy atom. The maximum atomic E-state index is 6.10. The first-order valence-electron chi connectivity index (χ1n) is 6.33. The zero-order valence-electron chi connectivity index (χ0n) is 11.0. The van der Waals surface area contributed by atoms with Crippen molar-refractivity contribution in [2.75, 3.05) is 6.61 Å². The Morgan fingerprint density at radius 3 is 2.47 bits per heavy atom. The standard InChI is InChI=1S/C16H18ClNO/c1-12-4-2-3-5-13(12)10-15(18)11-19-16-8-6-14(17)7-9-16/h2-9,15H,10-11,18H2,1H3. The van der Waals surface area contributed by atoms with Crippen LogP contribution in [0.25, 0.3) is 0 Å². The molecular weight excluding hydrogens is 258 g/mol. The maximum absolute atomic E-state index is 6.10. The van der Waals surface area contributed by atoms with Crippen LogP contribution < -0.4 is 10.5 Å². The lowest BCUT2D eigenvalue weighted by Crippen LogP contribution is -2.30. The van der Waals surface area contributed by atoms with E-state index in [1.165, 1.54) is 11.1 Å². The van der Waals surface area contributed by atoms with E-state index in [0.29, 0.717) is 11.6 Å². The van der Waals surface area contributed by atoms with Gasteiger partial charge in [0.25, 0.3) is 0 Å². The lowest BCUT2D eigenvalue weighted by molar-refractivity contribution is 0.287. The van der Waals surface area contributed by atoms with Gasteiger partial charge in [0.15, 0.2) is 0 Å². The van der Waals surface area contributed by atoms with Crippen LogP contribution in [0.4, 0.5) is 0 Å². The van der Waals surface area contributed by atoms with Crippen molar-refractivity contribution in [1.29, 1.82) is 0 Å². The molecule has 2 aromatic rings. The number of hydrogen-bond acceptors (Lipinski definition) is 2. The van der Waals surface area contributed by atoms with Gasteiger partial charge in [0.05, 0.1) is 0 Å². The van der Waals surface area contributed by atoms with E-state index in [0.717, 1.165) is 12.2 Å². The first-order chi connectivity index (χ1) is 9.15. The van der Waals surface area contributed by atoms with Crippen LogP contribution in [0.5, 0.6) is 5.75 Å². The predicted molar refractivity (Wildman–Crippen MR) is 79.8 cm³/mol. The van der Waals surface area contributed by atoms with E-state index < -0.39 is 0 Å². The summed E-state index contributed by atoms with van der Waals surface area (Å²) in [7, 11) is 0. The van der Waals surface area contributed by atoms with Crippen molar-refractivity contribution < 1.29 is 4.74 Å². The third kappa shape index (κ3) is 4.27. The van der Waals surface area contributed by atoms with Gasteiger partial charge < -0.3 is 10.5 Å². The van der Waals surface area contributed by atoms with Gasteiger partial charge in [0.1, 0.15) is 12.4 Å². The lowest BCUT2D eigenvalue weighted by Gasteiger charge is -2.14. The molecule has 0 saturated heterocycles. The normalized spacial score (nSPS) is 12.2. The fourth-order valence-corrected chi connectivity index (χ4v) is 2.04. The molecule has 0 spiro atoms. The second-order valence-electron chi connectivity index (χ2n) is 4.66. The van der Waals surface area contributed by atoms with Crippen molar-refractivity contribution in [3.63, 3.8) is 0 Å². The number of benzene rings is 2. The average Bonchev–Trinajstić information content (AvgIpc) is 2.41. The fourth-order valence-electron chi connectivity index (χ4n) is 1.91. The minimum atomic E-state index is -0.0169. The molecule has 0 saturated carbocycles. The summed E-state index contributed by atoms with van der Waals surface area (Å²) < 4.78 is 5.65. The summed E-state index contributed by atoms with van der Waals surface area (Å²) >= 11 is 5.82. The highest BCUT2D eigenvalue weighted by atomic mass is 35.5. The van der Waals surface area contributed by atoms with Crippen molar-refractivity contribution in [2.24, 2.45) is 5.73 Å². The van der Waals surface area contributed by atoms with Crippen molar-refractivity contribution >= 4 is 11.6 Å². The third-order valence-electron chi connectivity index (χ3n) is 3.02. The summed E-state index contributed by atoms with van der Waals surface area (Å²) in [5, 5.41) is 0.705. The predicted octanol–water partition coefficient (Wildman–Crippen LogP) is 3.60. The molecule has 3 heteroatoms. The van der Waals surface area contributed by atoms with Crippen LogP contribution >= 0.6 is 11.6 Å². The molecule has 0 heterocycles. The van der Waals surface area contributed by atoms with E-state index in [9.17, 15) is 0 Å². The van der Waals surface area contributed by atoms with Gasteiger partial charge in [-0.05, 0) is 48.7 Å². The third-order valence-corrected chi connectivity index (χ3v) is 3.27. The van der Waals surface area contributed by atoms with E-state index in [1.807, 2.05) is 36.4 Å². The van der Waals surface area contributed by atoms with Gasteiger partial charge in [-0.2, -0.15) is 0 Å². The summed E-state index contributed by atoms with van der Waals surface area (Å²) in [4.78, 5) is 0. The molecule has 0 aliphatic heterocycles. The molecule has 19 heavy (non-hydrogen) atoms. The Morgan fingerprint density at radius 2 is 1.79 bits per heavy atom. The molecule has 0 aliphatic carbocycles. The van der Waals surface area contributed by atoms with Crippen LogP contribution in [0.3, 0.4) is 0 Å². The van der Waals surface area contributed by atoms with Gasteiger partial charge >= 0.3 is 0 Å². The molecule has 2 rings (SSSR count). The Bertz CT molecular complexity index is 525. The van der Waals surface area contributed by atoms with E-state index in [2.05, 4.69) is 19.1 Å². The molecule has 2 nitrogen and oxygen atoms in total. The van der Waals surface area contributed by atoms with Gasteiger partial charge in [-0.15, -0.1) is 0 Å². The SMILES string of the molecule is Cc1ccccc1CC(N)COc1ccc(Cl)cc1. The summed E-state index contributed by atoms with van der Waals surface area (Å²) in [5.41, 5.74) is 8.64. The van der Waals surface area contributed by atoms with Crippen molar-refractivity contribution in [1.82, 2.24) is 0 Å². The average molecular weight is 276 g/mol. The van der Waals surface area contributed by atoms with E-state index in [4.69, 9.17) is 22.1 Å². The molecule has 0 bridgehead atoms. The Hall–Kier alpha value is -1.51. The molecule has 0 radical (unpaired) electrons. The van der Waals surface area contributed by atoms with Crippen LogP contribution in [0.15, 0.2) is 48.5 Å². The van der Waals surface area contributed by atoms with E-state index >= 15 is 0 Å². The van der Waals surface area contributed by atoms with Crippen LogP contribution in [0, 0.1) is 6.92 Å². The van der Waals surface area contributed by atoms with E-state index in [-0.39, 0.29) is 6.04 Å². The molecule has 1 unspecified atom stereocenters. The zero-order valence-corrected chi connectivity index (χ0v) is 11.7. The Labute approximate surface area is 119 Å². The van der Waals surface area contributed by atoms with Crippen LogP contribution in [-0.2, 0) is 6.42 Å². The minimum Gasteiger partial charge on any atom is -0.492 e. The van der Waals surface area contributed by atoms with E-state index in [1.54, 1.807) is 0 Å². The second kappa shape index (κ2) is 6.60. The lowest BCUT2D eigenvalue weighted by atomic mass is 10.0. The molecule has 0 amide bonds. The van der Waals surface area contributed by atoms with Gasteiger partial charge in [-0.3, -0.25) is 0 Å². The number of rotatable bonds is 5. The number of halogens is 1. The number of hydrogen-bond donors (Lipinski definition) is 1. The number of ether oxygens (including phenoxy) is 1. The van der Waals surface area contributed by atoms with Gasteiger partial charge in [0, 0.05) is 11.1 Å². The molecule has 0 fully saturated rings. The van der Waals surface area contributed by atoms with Gasteiger partial charge in [-0.1, -0.05) is 35.9 Å². The Kier molecular flexibility index (Phi) is 4.83. The highest BCUT2D eigenvalue weighted by Gasteiger charge is 2.07. The molecule has 0 aromatic heterocycles. The maximum Gasteiger partial charge on any atom is 0.119 e. The van der Waals surface area contributed by atoms with Gasteiger partial charge in [-0.25, -0.2) is 0 Å². The molecule has 2 N–H and O–H groups in total. The Balaban J connectivity index is 1.86. The second-order valence-corrected chi connectivity index (χ2v) is 5.09. The molecular formula is C16H18ClNO. The number of aryl methyl sites for hydroxylation is 1. The monoisotopic (exact) mass is 275 g/mol. The zero-order chi connectivity index (χ0) is 13.7. The highest BCUT2D eigenvalue weighted by molar-refractivity contribution is 6.30. The smallest absolute Gasteiger partial charge is 0.119 e. The van der Waals surface area contributed by atoms with Crippen molar-refractivity contribution in [3.05, 3.63) is 64.7 Å². The molecule has 0 aliphatic rings.